The first-order valence-electron chi connectivity index (χ1n) is 4.96. The van der Waals surface area contributed by atoms with Crippen LogP contribution in [0.2, 0.25) is 0 Å². The maximum absolute atomic E-state index is 5.56. The summed E-state index contributed by atoms with van der Waals surface area (Å²) >= 11 is 3.45. The minimum absolute atomic E-state index is 0.131. The third-order valence-corrected chi connectivity index (χ3v) is 2.98. The Morgan fingerprint density at radius 1 is 1.53 bits per heavy atom. The summed E-state index contributed by atoms with van der Waals surface area (Å²) in [4.78, 5) is 0. The van der Waals surface area contributed by atoms with Gasteiger partial charge in [0.2, 0.25) is 0 Å². The average molecular weight is 273 g/mol. The summed E-state index contributed by atoms with van der Waals surface area (Å²) < 4.78 is 10.4. The molecular weight excluding hydrogens is 256 g/mol. The molecule has 0 aromatic heterocycles. The summed E-state index contributed by atoms with van der Waals surface area (Å²) in [6, 6.07) is 0. The average Bonchev–Trinajstić information content (AvgIpc) is 2.29. The van der Waals surface area contributed by atoms with Gasteiger partial charge >= 0.3 is 0 Å². The van der Waals surface area contributed by atoms with Crippen LogP contribution in [0.25, 0.3) is 0 Å². The molecule has 1 unspecified atom stereocenters. The fourth-order valence-corrected chi connectivity index (χ4v) is 2.21. The standard InChI is InChI=1S/C12H17BrO2/c1-14-10-5-11-3-6-12(15-2,7-4-11)8-9-13/h3-6,10H,7-9H2,1-2H3. The molecule has 84 valence electrons. The van der Waals surface area contributed by atoms with Crippen molar-refractivity contribution in [3.63, 3.8) is 0 Å². The van der Waals surface area contributed by atoms with Crippen LogP contribution in [0.1, 0.15) is 12.8 Å². The zero-order valence-electron chi connectivity index (χ0n) is 9.20. The second kappa shape index (κ2) is 6.13. The molecule has 1 rings (SSSR count). The summed E-state index contributed by atoms with van der Waals surface area (Å²) in [7, 11) is 3.41. The minimum atomic E-state index is -0.131. The lowest BCUT2D eigenvalue weighted by Gasteiger charge is -2.30. The summed E-state index contributed by atoms with van der Waals surface area (Å²) in [6.07, 6.45) is 11.9. The first-order chi connectivity index (χ1) is 7.26. The summed E-state index contributed by atoms with van der Waals surface area (Å²) in [5.41, 5.74) is 1.03. The lowest BCUT2D eigenvalue weighted by atomic mass is 9.89. The number of allylic oxidation sites excluding steroid dienone is 3. The Bertz CT molecular complexity index is 281. The molecule has 0 aromatic carbocycles. The van der Waals surface area contributed by atoms with E-state index in [9.17, 15) is 0 Å². The first kappa shape index (κ1) is 12.5. The first-order valence-corrected chi connectivity index (χ1v) is 6.08. The molecule has 2 nitrogen and oxygen atoms in total. The highest BCUT2D eigenvalue weighted by atomic mass is 79.9. The van der Waals surface area contributed by atoms with Crippen molar-refractivity contribution in [1.82, 2.24) is 0 Å². The molecule has 0 saturated heterocycles. The van der Waals surface area contributed by atoms with Crippen LogP contribution in [0.15, 0.2) is 36.1 Å². The molecule has 0 aliphatic heterocycles. The number of halogens is 1. The molecule has 0 heterocycles. The lowest BCUT2D eigenvalue weighted by molar-refractivity contribution is 0.0317. The molecule has 1 atom stereocenters. The van der Waals surface area contributed by atoms with Crippen molar-refractivity contribution in [2.75, 3.05) is 19.5 Å². The van der Waals surface area contributed by atoms with Gasteiger partial charge in [-0.05, 0) is 24.5 Å². The van der Waals surface area contributed by atoms with Gasteiger partial charge in [0, 0.05) is 12.4 Å². The lowest BCUT2D eigenvalue weighted by Crippen LogP contribution is -2.30. The van der Waals surface area contributed by atoms with Crippen LogP contribution in [0.3, 0.4) is 0 Å². The third kappa shape index (κ3) is 3.50. The van der Waals surface area contributed by atoms with E-state index in [1.54, 1.807) is 20.5 Å². The maximum Gasteiger partial charge on any atom is 0.0904 e. The summed E-state index contributed by atoms with van der Waals surface area (Å²) in [5, 5.41) is 0.947. The van der Waals surface area contributed by atoms with Crippen LogP contribution in [0, 0.1) is 0 Å². The molecule has 0 aromatic rings. The second-order valence-electron chi connectivity index (χ2n) is 3.49. The van der Waals surface area contributed by atoms with Crippen LogP contribution in [-0.2, 0) is 9.47 Å². The molecule has 1 aliphatic carbocycles. The van der Waals surface area contributed by atoms with Crippen LogP contribution in [-0.4, -0.2) is 25.2 Å². The number of rotatable bonds is 5. The normalized spacial score (nSPS) is 25.7. The van der Waals surface area contributed by atoms with Crippen LogP contribution in [0.4, 0.5) is 0 Å². The number of methoxy groups -OCH3 is 2. The molecule has 15 heavy (non-hydrogen) atoms. The van der Waals surface area contributed by atoms with Gasteiger partial charge in [-0.1, -0.05) is 34.2 Å². The Balaban J connectivity index is 2.63. The van der Waals surface area contributed by atoms with Gasteiger partial charge in [-0.3, -0.25) is 0 Å². The number of hydrogen-bond donors (Lipinski definition) is 0. The molecule has 0 bridgehead atoms. The fourth-order valence-electron chi connectivity index (χ4n) is 1.54. The third-order valence-electron chi connectivity index (χ3n) is 2.58. The van der Waals surface area contributed by atoms with Crippen LogP contribution < -0.4 is 0 Å². The second-order valence-corrected chi connectivity index (χ2v) is 4.28. The van der Waals surface area contributed by atoms with Gasteiger partial charge in [0.15, 0.2) is 0 Å². The Labute approximate surface area is 99.8 Å². The van der Waals surface area contributed by atoms with Gasteiger partial charge < -0.3 is 9.47 Å². The molecule has 0 fully saturated rings. The van der Waals surface area contributed by atoms with Gasteiger partial charge in [0.25, 0.3) is 0 Å². The Hall–Kier alpha value is -0.540. The van der Waals surface area contributed by atoms with Crippen molar-refractivity contribution in [3.05, 3.63) is 36.1 Å². The molecular formula is C12H17BrO2. The summed E-state index contributed by atoms with van der Waals surface area (Å²) in [6.45, 7) is 0. The van der Waals surface area contributed by atoms with Crippen molar-refractivity contribution in [1.29, 1.82) is 0 Å². The van der Waals surface area contributed by atoms with E-state index in [-0.39, 0.29) is 5.60 Å². The van der Waals surface area contributed by atoms with Crippen LogP contribution in [0.5, 0.6) is 0 Å². The quantitative estimate of drug-likeness (QED) is 0.565. The zero-order chi connectivity index (χ0) is 11.1. The highest BCUT2D eigenvalue weighted by molar-refractivity contribution is 9.09. The summed E-state index contributed by atoms with van der Waals surface area (Å²) in [5.74, 6) is 0. The largest absolute Gasteiger partial charge is 0.504 e. The predicted molar refractivity (Wildman–Crippen MR) is 66.1 cm³/mol. The van der Waals surface area contributed by atoms with Crippen molar-refractivity contribution < 1.29 is 9.47 Å². The molecule has 0 amide bonds. The highest BCUT2D eigenvalue weighted by Gasteiger charge is 2.26. The topological polar surface area (TPSA) is 18.5 Å². The molecule has 0 radical (unpaired) electrons. The van der Waals surface area contributed by atoms with Gasteiger partial charge in [0.05, 0.1) is 19.0 Å². The van der Waals surface area contributed by atoms with Crippen molar-refractivity contribution in [2.24, 2.45) is 0 Å². The van der Waals surface area contributed by atoms with Crippen molar-refractivity contribution >= 4 is 15.9 Å². The van der Waals surface area contributed by atoms with Crippen LogP contribution >= 0.6 is 15.9 Å². The number of hydrogen-bond acceptors (Lipinski definition) is 2. The van der Waals surface area contributed by atoms with E-state index in [1.807, 2.05) is 6.08 Å². The van der Waals surface area contributed by atoms with E-state index in [1.165, 1.54) is 5.57 Å². The monoisotopic (exact) mass is 272 g/mol. The molecule has 1 aliphatic rings. The van der Waals surface area contributed by atoms with E-state index in [2.05, 4.69) is 34.2 Å². The van der Waals surface area contributed by atoms with Crippen molar-refractivity contribution in [2.45, 2.75) is 18.4 Å². The van der Waals surface area contributed by atoms with E-state index in [4.69, 9.17) is 9.47 Å². The van der Waals surface area contributed by atoms with E-state index >= 15 is 0 Å². The van der Waals surface area contributed by atoms with E-state index in [0.29, 0.717) is 0 Å². The number of alkyl halides is 1. The molecule has 0 saturated carbocycles. The van der Waals surface area contributed by atoms with Gasteiger partial charge in [-0.25, -0.2) is 0 Å². The zero-order valence-corrected chi connectivity index (χ0v) is 10.8. The molecule has 0 spiro atoms. The number of ether oxygens (including phenoxy) is 2. The fraction of sp³-hybridized carbons (Fsp3) is 0.500. The van der Waals surface area contributed by atoms with Crippen molar-refractivity contribution in [3.8, 4) is 0 Å². The van der Waals surface area contributed by atoms with E-state index in [0.717, 1.165) is 18.2 Å². The van der Waals surface area contributed by atoms with Gasteiger partial charge in [-0.2, -0.15) is 0 Å². The van der Waals surface area contributed by atoms with Gasteiger partial charge in [-0.15, -0.1) is 0 Å². The maximum atomic E-state index is 5.56. The Morgan fingerprint density at radius 2 is 2.33 bits per heavy atom. The molecule has 3 heteroatoms. The Morgan fingerprint density at radius 3 is 2.80 bits per heavy atom. The smallest absolute Gasteiger partial charge is 0.0904 e. The van der Waals surface area contributed by atoms with Gasteiger partial charge in [0.1, 0.15) is 0 Å². The highest BCUT2D eigenvalue weighted by Crippen LogP contribution is 2.28. The molecule has 0 N–H and O–H groups in total. The van der Waals surface area contributed by atoms with E-state index < -0.39 is 0 Å². The SMILES string of the molecule is COC=CC1=CCC(CCBr)(OC)C=C1. The Kier molecular flexibility index (Phi) is 5.12. The minimum Gasteiger partial charge on any atom is -0.504 e. The predicted octanol–water partition coefficient (Wildman–Crippen LogP) is 3.20.